The van der Waals surface area contributed by atoms with E-state index in [1.807, 2.05) is 24.3 Å². The highest BCUT2D eigenvalue weighted by Gasteiger charge is 2.12. The molecule has 1 heterocycles. The van der Waals surface area contributed by atoms with Crippen molar-refractivity contribution in [3.63, 3.8) is 0 Å². The van der Waals surface area contributed by atoms with Crippen LogP contribution in [-0.2, 0) is 6.42 Å². The molecular weight excluding hydrogens is 260 g/mol. The van der Waals surface area contributed by atoms with Gasteiger partial charge in [-0.05, 0) is 48.7 Å². The Morgan fingerprint density at radius 2 is 2.00 bits per heavy atom. The molecule has 0 radical (unpaired) electrons. The summed E-state index contributed by atoms with van der Waals surface area (Å²) < 4.78 is 5.32. The fraction of sp³-hybridized carbons (Fsp3) is 0.267. The van der Waals surface area contributed by atoms with Gasteiger partial charge in [0.05, 0.1) is 7.11 Å². The van der Waals surface area contributed by atoms with Gasteiger partial charge in [-0.15, -0.1) is 0 Å². The lowest BCUT2D eigenvalue weighted by Crippen LogP contribution is -2.12. The van der Waals surface area contributed by atoms with E-state index in [4.69, 9.17) is 22.1 Å². The lowest BCUT2D eigenvalue weighted by atomic mass is 9.99. The number of rotatable bonds is 5. The van der Waals surface area contributed by atoms with E-state index in [0.29, 0.717) is 5.02 Å². The lowest BCUT2D eigenvalue weighted by Gasteiger charge is -2.16. The first kappa shape index (κ1) is 13.8. The van der Waals surface area contributed by atoms with E-state index in [9.17, 15) is 0 Å². The molecule has 0 amide bonds. The van der Waals surface area contributed by atoms with Crippen molar-refractivity contribution >= 4 is 11.6 Å². The molecule has 1 atom stereocenters. The first-order chi connectivity index (χ1) is 9.20. The quantitative estimate of drug-likeness (QED) is 0.911. The van der Waals surface area contributed by atoms with Gasteiger partial charge in [-0.25, -0.2) is 0 Å². The molecule has 2 aromatic rings. The van der Waals surface area contributed by atoms with Crippen molar-refractivity contribution in [2.75, 3.05) is 7.11 Å². The summed E-state index contributed by atoms with van der Waals surface area (Å²) in [6, 6.07) is 9.44. The van der Waals surface area contributed by atoms with Gasteiger partial charge in [0, 0.05) is 29.0 Å². The van der Waals surface area contributed by atoms with Crippen LogP contribution in [0.1, 0.15) is 23.6 Å². The Labute approximate surface area is 118 Å². The number of nitrogens with two attached hydrogens (primary N) is 1. The van der Waals surface area contributed by atoms with Crippen molar-refractivity contribution in [2.24, 2.45) is 5.73 Å². The van der Waals surface area contributed by atoms with E-state index >= 15 is 0 Å². The van der Waals surface area contributed by atoms with Gasteiger partial charge in [-0.1, -0.05) is 11.6 Å². The third-order valence-corrected chi connectivity index (χ3v) is 3.32. The van der Waals surface area contributed by atoms with Crippen molar-refractivity contribution < 1.29 is 4.74 Å². The lowest BCUT2D eigenvalue weighted by molar-refractivity contribution is 0.404. The first-order valence-corrected chi connectivity index (χ1v) is 6.56. The zero-order valence-electron chi connectivity index (χ0n) is 10.8. The van der Waals surface area contributed by atoms with Gasteiger partial charge in [0.1, 0.15) is 5.75 Å². The summed E-state index contributed by atoms with van der Waals surface area (Å²) in [5, 5.41) is 0.676. The molecule has 1 aromatic heterocycles. The predicted octanol–water partition coefficient (Wildman–Crippen LogP) is 3.38. The Morgan fingerprint density at radius 1 is 1.26 bits per heavy atom. The predicted molar refractivity (Wildman–Crippen MR) is 77.5 cm³/mol. The summed E-state index contributed by atoms with van der Waals surface area (Å²) in [6.07, 6.45) is 5.32. The van der Waals surface area contributed by atoms with Crippen LogP contribution in [0.5, 0.6) is 5.75 Å². The number of hydrogen-bond donors (Lipinski definition) is 1. The van der Waals surface area contributed by atoms with Gasteiger partial charge in [0.25, 0.3) is 0 Å². The molecule has 0 fully saturated rings. The number of aromatic nitrogens is 1. The first-order valence-electron chi connectivity index (χ1n) is 6.18. The summed E-state index contributed by atoms with van der Waals surface area (Å²) >= 11 is 6.02. The van der Waals surface area contributed by atoms with Crippen LogP contribution in [0.15, 0.2) is 42.7 Å². The van der Waals surface area contributed by atoms with Gasteiger partial charge < -0.3 is 10.5 Å². The normalized spacial score (nSPS) is 12.2. The molecule has 0 aliphatic heterocycles. The van der Waals surface area contributed by atoms with Crippen LogP contribution in [0.3, 0.4) is 0 Å². The molecule has 100 valence electrons. The Bertz CT molecular complexity index is 531. The third-order valence-electron chi connectivity index (χ3n) is 3.08. The number of hydrogen-bond acceptors (Lipinski definition) is 3. The SMILES string of the molecule is COc1ccc(Cl)cc1C(N)CCc1ccncc1. The van der Waals surface area contributed by atoms with E-state index in [2.05, 4.69) is 4.98 Å². The number of benzene rings is 1. The molecule has 0 saturated heterocycles. The number of ether oxygens (including phenoxy) is 1. The summed E-state index contributed by atoms with van der Waals surface area (Å²) in [5.74, 6) is 0.784. The maximum absolute atomic E-state index is 6.23. The van der Waals surface area contributed by atoms with E-state index in [1.165, 1.54) is 5.56 Å². The van der Waals surface area contributed by atoms with Crippen LogP contribution in [-0.4, -0.2) is 12.1 Å². The summed E-state index contributed by atoms with van der Waals surface area (Å²) in [6.45, 7) is 0. The highest BCUT2D eigenvalue weighted by molar-refractivity contribution is 6.30. The van der Waals surface area contributed by atoms with Crippen LogP contribution in [0.2, 0.25) is 5.02 Å². The standard InChI is InChI=1S/C15H17ClN2O/c1-19-15-5-3-12(16)10-13(15)14(17)4-2-11-6-8-18-9-7-11/h3,5-10,14H,2,4,17H2,1H3. The second-order valence-electron chi connectivity index (χ2n) is 4.39. The highest BCUT2D eigenvalue weighted by Crippen LogP contribution is 2.29. The van der Waals surface area contributed by atoms with Crippen molar-refractivity contribution in [3.05, 3.63) is 58.9 Å². The average Bonchev–Trinajstić information content (AvgIpc) is 2.46. The van der Waals surface area contributed by atoms with Crippen LogP contribution >= 0.6 is 11.6 Å². The largest absolute Gasteiger partial charge is 0.496 e. The van der Waals surface area contributed by atoms with Crippen LogP contribution < -0.4 is 10.5 Å². The Morgan fingerprint density at radius 3 is 2.68 bits per heavy atom. The number of aryl methyl sites for hydroxylation is 1. The molecule has 19 heavy (non-hydrogen) atoms. The number of halogens is 1. The zero-order valence-corrected chi connectivity index (χ0v) is 11.6. The molecule has 2 N–H and O–H groups in total. The van der Waals surface area contributed by atoms with E-state index in [1.54, 1.807) is 25.6 Å². The number of methoxy groups -OCH3 is 1. The second kappa shape index (κ2) is 6.55. The molecule has 0 aliphatic rings. The van der Waals surface area contributed by atoms with Crippen molar-refractivity contribution in [2.45, 2.75) is 18.9 Å². The summed E-state index contributed by atoms with van der Waals surface area (Å²) in [5.41, 5.74) is 8.41. The Kier molecular flexibility index (Phi) is 4.77. The second-order valence-corrected chi connectivity index (χ2v) is 4.82. The molecule has 0 bridgehead atoms. The molecule has 0 saturated carbocycles. The molecule has 1 aromatic carbocycles. The average molecular weight is 277 g/mol. The van der Waals surface area contributed by atoms with Gasteiger partial charge in [0.15, 0.2) is 0 Å². The van der Waals surface area contributed by atoms with Crippen molar-refractivity contribution in [1.29, 1.82) is 0 Å². The molecule has 0 spiro atoms. The van der Waals surface area contributed by atoms with Gasteiger partial charge in [-0.3, -0.25) is 4.98 Å². The van der Waals surface area contributed by atoms with Crippen LogP contribution in [0.4, 0.5) is 0 Å². The molecule has 1 unspecified atom stereocenters. The molecule has 4 heteroatoms. The van der Waals surface area contributed by atoms with Gasteiger partial charge in [-0.2, -0.15) is 0 Å². The van der Waals surface area contributed by atoms with Crippen molar-refractivity contribution in [1.82, 2.24) is 4.98 Å². The third kappa shape index (κ3) is 3.69. The van der Waals surface area contributed by atoms with E-state index in [-0.39, 0.29) is 6.04 Å². The maximum atomic E-state index is 6.23. The van der Waals surface area contributed by atoms with Crippen molar-refractivity contribution in [3.8, 4) is 5.75 Å². The van der Waals surface area contributed by atoms with Gasteiger partial charge >= 0.3 is 0 Å². The van der Waals surface area contributed by atoms with E-state index in [0.717, 1.165) is 24.2 Å². The Balaban J connectivity index is 2.07. The minimum absolute atomic E-state index is 0.0955. The topological polar surface area (TPSA) is 48.1 Å². The monoisotopic (exact) mass is 276 g/mol. The smallest absolute Gasteiger partial charge is 0.123 e. The number of pyridine rings is 1. The summed E-state index contributed by atoms with van der Waals surface area (Å²) in [4.78, 5) is 4.00. The maximum Gasteiger partial charge on any atom is 0.123 e. The fourth-order valence-corrected chi connectivity index (χ4v) is 2.20. The fourth-order valence-electron chi connectivity index (χ4n) is 2.02. The number of nitrogens with zero attached hydrogens (tertiary/aromatic N) is 1. The summed E-state index contributed by atoms with van der Waals surface area (Å²) in [7, 11) is 1.64. The highest BCUT2D eigenvalue weighted by atomic mass is 35.5. The van der Waals surface area contributed by atoms with Gasteiger partial charge in [0.2, 0.25) is 0 Å². The van der Waals surface area contributed by atoms with Crippen LogP contribution in [0, 0.1) is 0 Å². The minimum Gasteiger partial charge on any atom is -0.496 e. The molecular formula is C15H17ClN2O. The van der Waals surface area contributed by atoms with Crippen LogP contribution in [0.25, 0.3) is 0 Å². The molecule has 3 nitrogen and oxygen atoms in total. The zero-order chi connectivity index (χ0) is 13.7. The molecule has 2 rings (SSSR count). The molecule has 0 aliphatic carbocycles. The van der Waals surface area contributed by atoms with E-state index < -0.39 is 0 Å². The Hall–Kier alpha value is -1.58. The minimum atomic E-state index is -0.0955.